The number of carbonyl (C=O) groups excluding carboxylic acids is 2. The molecular weight excluding hydrogens is 1150 g/mol. The summed E-state index contributed by atoms with van der Waals surface area (Å²) in [5.41, 5.74) is -2.80. The number of hydrogen-bond donors (Lipinski definition) is 0. The van der Waals surface area contributed by atoms with Crippen LogP contribution in [0.4, 0.5) is 26.3 Å². The van der Waals surface area contributed by atoms with Crippen molar-refractivity contribution < 1.29 is 49.5 Å². The second-order valence-corrected chi connectivity index (χ2v) is 28.8. The summed E-state index contributed by atoms with van der Waals surface area (Å²) in [7, 11) is -2.38. The van der Waals surface area contributed by atoms with Gasteiger partial charge in [0.25, 0.3) is 0 Å². The topological polar surface area (TPSA) is 61.8 Å². The molecule has 9 aromatic rings. The molecule has 0 radical (unpaired) electrons. The van der Waals surface area contributed by atoms with Crippen molar-refractivity contribution >= 4 is 96.2 Å². The molecule has 0 atom stereocenters. The Morgan fingerprint density at radius 1 is 0.382 bits per heavy atom. The second-order valence-electron chi connectivity index (χ2n) is 18.0. The van der Waals surface area contributed by atoms with Gasteiger partial charge in [0.05, 0.1) is 0 Å². The number of alkyl halides is 6. The predicted octanol–water partition coefficient (Wildman–Crippen LogP) is 14.3. The summed E-state index contributed by atoms with van der Waals surface area (Å²) >= 11 is 7.04. The molecule has 0 saturated carbocycles. The number of rotatable bonds is 18. The first-order chi connectivity index (χ1) is 36.4. The van der Waals surface area contributed by atoms with E-state index in [1.54, 1.807) is 231 Å². The number of Topliss-reactive ketones (excluding diaryl/α,β-unsaturated/α-hetero) is 2. The predicted molar refractivity (Wildman–Crippen MR) is 302 cm³/mol. The van der Waals surface area contributed by atoms with Crippen molar-refractivity contribution in [2.75, 3.05) is 12.3 Å². The third kappa shape index (κ3) is 10.4. The molecule has 9 aromatic carbocycles. The van der Waals surface area contributed by atoms with Gasteiger partial charge in [0.1, 0.15) is 0 Å². The Morgan fingerprint density at radius 3 is 0.908 bits per heavy atom. The summed E-state index contributed by atoms with van der Waals surface area (Å²) in [4.78, 5) is 31.4. The molecule has 0 saturated heterocycles. The Hall–Kier alpha value is -6.50. The number of carbonyl (C=O) groups is 2. The summed E-state index contributed by atoms with van der Waals surface area (Å²) in [5, 5.41) is 2.56. The minimum atomic E-state index is -5.30. The van der Waals surface area contributed by atoms with E-state index in [-0.39, 0.29) is 17.2 Å². The SMILES string of the molecule is O=C(CP(OB(Oc1cc(C(F)(F)F)cc(C(F)(F)F)c1)OP(CC(=O)c1cccc(Br)c1)(c1ccccc1)(c1ccccc1)c1ccccc1)(c1ccccc1)(c1ccccc1)c1ccccc1)c1cccc(Br)c1. The van der Waals surface area contributed by atoms with Crippen LogP contribution in [0.25, 0.3) is 0 Å². The fraction of sp³-hybridized carbons (Fsp3) is 0.0667. The van der Waals surface area contributed by atoms with Crippen LogP contribution >= 0.6 is 45.5 Å². The van der Waals surface area contributed by atoms with Gasteiger partial charge in [-0.15, -0.1) is 0 Å². The number of halogens is 8. The molecule has 0 aromatic heterocycles. The molecular formula is C60H45BBr2F6O5P2. The van der Waals surface area contributed by atoms with Gasteiger partial charge in [-0.05, 0) is 0 Å². The maximum absolute atomic E-state index is 15.7. The Labute approximate surface area is 453 Å². The fourth-order valence-electron chi connectivity index (χ4n) is 9.94. The monoisotopic (exact) mass is 1190 g/mol. The van der Waals surface area contributed by atoms with Gasteiger partial charge in [-0.1, -0.05) is 0 Å². The third-order valence-electron chi connectivity index (χ3n) is 13.4. The van der Waals surface area contributed by atoms with Gasteiger partial charge in [-0.3, -0.25) is 0 Å². The summed E-state index contributed by atoms with van der Waals surface area (Å²) in [6, 6.07) is 67.4. The molecule has 5 nitrogen and oxygen atoms in total. The van der Waals surface area contributed by atoms with Gasteiger partial charge >= 0.3 is 456 Å². The van der Waals surface area contributed by atoms with Crippen LogP contribution in [0.2, 0.25) is 0 Å². The molecule has 0 spiro atoms. The molecule has 0 amide bonds. The van der Waals surface area contributed by atoms with Crippen molar-refractivity contribution in [1.29, 1.82) is 0 Å². The zero-order valence-corrected chi connectivity index (χ0v) is 45.1. The number of benzene rings is 9. The van der Waals surface area contributed by atoms with Crippen molar-refractivity contribution in [1.82, 2.24) is 0 Å². The summed E-state index contributed by atoms with van der Waals surface area (Å²) < 4.78 is 114. The minimum absolute atomic E-state index is 0.00668. The summed E-state index contributed by atoms with van der Waals surface area (Å²) in [5.74, 6) is -1.81. The van der Waals surface area contributed by atoms with Crippen LogP contribution in [0, 0.1) is 0 Å². The van der Waals surface area contributed by atoms with Gasteiger partial charge in [-0.2, -0.15) is 0 Å². The first-order valence-corrected chi connectivity index (χ1v) is 30.0. The molecule has 0 unspecified atom stereocenters. The molecule has 16 heteroatoms. The van der Waals surface area contributed by atoms with Gasteiger partial charge < -0.3 is 0 Å². The van der Waals surface area contributed by atoms with Crippen molar-refractivity contribution in [2.24, 2.45) is 0 Å². The molecule has 0 heterocycles. The molecule has 0 bridgehead atoms. The van der Waals surface area contributed by atoms with Crippen LogP contribution in [0.3, 0.4) is 0 Å². The Balaban J connectivity index is 1.47. The van der Waals surface area contributed by atoms with E-state index >= 15 is 9.59 Å². The Morgan fingerprint density at radius 2 is 0.658 bits per heavy atom. The molecule has 76 heavy (non-hydrogen) atoms. The van der Waals surface area contributed by atoms with Crippen molar-refractivity contribution in [2.45, 2.75) is 12.4 Å². The van der Waals surface area contributed by atoms with Crippen LogP contribution in [-0.4, -0.2) is 31.2 Å². The quantitative estimate of drug-likeness (QED) is 0.0371. The van der Waals surface area contributed by atoms with E-state index in [1.807, 2.05) is 0 Å². The maximum atomic E-state index is 15.7. The first kappa shape index (κ1) is 54.3. The van der Waals surface area contributed by atoms with Crippen LogP contribution < -0.4 is 36.5 Å². The van der Waals surface area contributed by atoms with Gasteiger partial charge in [0.15, 0.2) is 0 Å². The van der Waals surface area contributed by atoms with E-state index in [1.165, 1.54) is 0 Å². The van der Waals surface area contributed by atoms with E-state index in [2.05, 4.69) is 31.9 Å². The zero-order chi connectivity index (χ0) is 53.7. The van der Waals surface area contributed by atoms with Gasteiger partial charge in [-0.25, -0.2) is 0 Å². The van der Waals surface area contributed by atoms with Gasteiger partial charge in [0, 0.05) is 0 Å². The van der Waals surface area contributed by atoms with E-state index in [9.17, 15) is 26.3 Å². The summed E-state index contributed by atoms with van der Waals surface area (Å²) in [6.07, 6.45) is -11.5. The second kappa shape index (κ2) is 21.9. The van der Waals surface area contributed by atoms with Crippen LogP contribution in [-0.2, 0) is 21.2 Å². The van der Waals surface area contributed by atoms with Gasteiger partial charge in [0.2, 0.25) is 0 Å². The molecule has 0 N–H and O–H groups in total. The molecule has 0 aliphatic heterocycles. The van der Waals surface area contributed by atoms with E-state index in [4.69, 9.17) is 13.5 Å². The van der Waals surface area contributed by atoms with E-state index < -0.39 is 74.1 Å². The van der Waals surface area contributed by atoms with Crippen LogP contribution in [0.15, 0.2) is 258 Å². The van der Waals surface area contributed by atoms with Crippen LogP contribution in [0.5, 0.6) is 5.75 Å². The fourth-order valence-corrected chi connectivity index (χ4v) is 21.8. The van der Waals surface area contributed by atoms with Crippen molar-refractivity contribution in [3.8, 4) is 5.75 Å². The Kier molecular flexibility index (Phi) is 15.6. The Bertz CT molecular complexity index is 3070. The summed E-state index contributed by atoms with van der Waals surface area (Å²) in [6.45, 7) is -10.6. The number of hydrogen-bond acceptors (Lipinski definition) is 5. The molecule has 384 valence electrons. The van der Waals surface area contributed by atoms with E-state index in [0.29, 0.717) is 52.9 Å². The number of ketones is 2. The molecule has 0 fully saturated rings. The molecule has 0 aliphatic rings. The zero-order valence-electron chi connectivity index (χ0n) is 40.1. The van der Waals surface area contributed by atoms with Crippen LogP contribution in [0.1, 0.15) is 31.8 Å². The van der Waals surface area contributed by atoms with Crippen molar-refractivity contribution in [3.05, 3.63) is 280 Å². The average Bonchev–Trinajstić information content (AvgIpc) is 3.50. The third-order valence-corrected chi connectivity index (χ3v) is 25.8. The standard InChI is InChI=1S/C60H45BBr2F6O5P2/c62-48-23-19-21-44(37-48)57(70)42-75(51-25-7-1-8-26-51,52-27-9-2-10-28-52,53-29-11-3-12-30-53)73-61(72-50-40-46(59(64,65)66)39-47(41-50)60(67,68)69)74-76(54-31-13-4-14-32-54,55-33-15-5-16-34-55,56-35-17-6-18-36-56)43-58(71)45-22-20-24-49(63)38-45/h1-41H,42-43H2. The van der Waals surface area contributed by atoms with Crippen molar-refractivity contribution in [3.63, 3.8) is 0 Å². The average molecular weight is 1190 g/mol. The normalized spacial score (nSPS) is 13.1. The first-order valence-electron chi connectivity index (χ1n) is 23.7. The molecule has 0 aliphatic carbocycles. The van der Waals surface area contributed by atoms with E-state index in [0.717, 1.165) is 0 Å². The molecule has 9 rings (SSSR count).